The Bertz CT molecular complexity index is 1540. The van der Waals surface area contributed by atoms with E-state index in [0.29, 0.717) is 18.8 Å². The van der Waals surface area contributed by atoms with Crippen LogP contribution in [-0.2, 0) is 44.6 Å². The lowest BCUT2D eigenvalue weighted by molar-refractivity contribution is -0.132. The first-order valence-electron chi connectivity index (χ1n) is 13.4. The summed E-state index contributed by atoms with van der Waals surface area (Å²) in [4.78, 5) is 19.6. The zero-order valence-corrected chi connectivity index (χ0v) is 23.0. The highest BCUT2D eigenvalue weighted by Crippen LogP contribution is 2.23. The molecule has 1 aliphatic rings. The number of benzene rings is 3. The third kappa shape index (κ3) is 6.84. The second-order valence-electron chi connectivity index (χ2n) is 10.0. The van der Waals surface area contributed by atoms with Gasteiger partial charge in [-0.3, -0.25) is 4.79 Å². The van der Waals surface area contributed by atoms with Crippen molar-refractivity contribution in [2.75, 3.05) is 13.2 Å². The lowest BCUT2D eigenvalue weighted by Gasteiger charge is -2.26. The molecule has 1 fully saturated rings. The number of sulfone groups is 1. The fraction of sp³-hybridized carbons (Fsp3) is 0.290. The number of aromatic nitrogens is 2. The number of carbonyl (C=O) groups is 1. The Morgan fingerprint density at radius 3 is 2.33 bits per heavy atom. The van der Waals surface area contributed by atoms with Crippen molar-refractivity contribution in [2.45, 2.75) is 49.4 Å². The van der Waals surface area contributed by atoms with Crippen LogP contribution >= 0.6 is 0 Å². The first-order chi connectivity index (χ1) is 19.4. The van der Waals surface area contributed by atoms with Crippen LogP contribution < -0.4 is 0 Å². The number of halogens is 1. The highest BCUT2D eigenvalue weighted by Gasteiger charge is 2.28. The summed E-state index contributed by atoms with van der Waals surface area (Å²) in [6.07, 6.45) is 3.46. The molecule has 5 rings (SSSR count). The van der Waals surface area contributed by atoms with Crippen molar-refractivity contribution in [2.24, 2.45) is 0 Å². The Labute approximate surface area is 234 Å². The summed E-state index contributed by atoms with van der Waals surface area (Å²) in [5, 5.41) is -0.151. The van der Waals surface area contributed by atoms with Gasteiger partial charge >= 0.3 is 0 Å². The maximum Gasteiger partial charge on any atom is 0.228 e. The number of rotatable bonds is 11. The summed E-state index contributed by atoms with van der Waals surface area (Å²) in [7, 11) is -4.01. The number of amides is 1. The summed E-state index contributed by atoms with van der Waals surface area (Å²) in [5.41, 5.74) is 2.44. The molecule has 0 radical (unpaired) electrons. The molecule has 7 nitrogen and oxygen atoms in total. The van der Waals surface area contributed by atoms with E-state index in [1.807, 2.05) is 60.7 Å². The van der Waals surface area contributed by atoms with E-state index in [4.69, 9.17) is 4.74 Å². The van der Waals surface area contributed by atoms with Gasteiger partial charge in [0.1, 0.15) is 5.82 Å². The first-order valence-corrected chi connectivity index (χ1v) is 15.0. The van der Waals surface area contributed by atoms with E-state index in [1.165, 1.54) is 24.4 Å². The highest BCUT2D eigenvalue weighted by molar-refractivity contribution is 7.90. The molecule has 1 aromatic heterocycles. The first kappa shape index (κ1) is 27.7. The molecule has 1 amide bonds. The quantitative estimate of drug-likeness (QED) is 0.263. The molecule has 0 spiro atoms. The fourth-order valence-electron chi connectivity index (χ4n) is 4.95. The SMILES string of the molecule is O=C(Cc1ccccc1)N(Cc1cnc(S(=O)(=O)Cc2ccccc2F)n1Cc1ccccc1)C[C@@H]1CCCO1. The van der Waals surface area contributed by atoms with Crippen molar-refractivity contribution in [3.05, 3.63) is 119 Å². The van der Waals surface area contributed by atoms with Crippen LogP contribution in [0.1, 0.15) is 35.2 Å². The lowest BCUT2D eigenvalue weighted by atomic mass is 10.1. The van der Waals surface area contributed by atoms with E-state index in [9.17, 15) is 17.6 Å². The Morgan fingerprint density at radius 2 is 1.65 bits per heavy atom. The van der Waals surface area contributed by atoms with Gasteiger partial charge in [-0.2, -0.15) is 0 Å². The van der Waals surface area contributed by atoms with Crippen LogP contribution in [0.4, 0.5) is 4.39 Å². The molecular formula is C31H32FN3O4S. The Morgan fingerprint density at radius 1 is 0.975 bits per heavy atom. The average molecular weight is 562 g/mol. The number of nitrogens with zero attached hydrogens (tertiary/aromatic N) is 3. The van der Waals surface area contributed by atoms with Crippen LogP contribution in [0, 0.1) is 5.82 Å². The molecule has 4 aromatic rings. The minimum atomic E-state index is -4.01. The van der Waals surface area contributed by atoms with Gasteiger partial charge in [-0.1, -0.05) is 78.9 Å². The summed E-state index contributed by atoms with van der Waals surface area (Å²) in [6.45, 7) is 1.47. The Balaban J connectivity index is 1.48. The fourth-order valence-corrected chi connectivity index (χ4v) is 6.46. The normalized spacial score (nSPS) is 15.3. The molecule has 0 bridgehead atoms. The van der Waals surface area contributed by atoms with Gasteiger partial charge in [-0.05, 0) is 30.0 Å². The minimum Gasteiger partial charge on any atom is -0.376 e. The van der Waals surface area contributed by atoms with Crippen LogP contribution in [0.5, 0.6) is 0 Å². The Hall–Kier alpha value is -3.82. The molecule has 0 aliphatic carbocycles. The molecule has 1 aliphatic heterocycles. The zero-order valence-electron chi connectivity index (χ0n) is 22.2. The van der Waals surface area contributed by atoms with Crippen molar-refractivity contribution in [3.8, 4) is 0 Å². The van der Waals surface area contributed by atoms with Crippen molar-refractivity contribution in [1.29, 1.82) is 0 Å². The molecule has 1 atom stereocenters. The summed E-state index contributed by atoms with van der Waals surface area (Å²) < 4.78 is 49.0. The van der Waals surface area contributed by atoms with E-state index in [-0.39, 0.29) is 42.2 Å². The summed E-state index contributed by atoms with van der Waals surface area (Å²) in [6, 6.07) is 24.8. The molecule has 0 N–H and O–H groups in total. The largest absolute Gasteiger partial charge is 0.376 e. The second kappa shape index (κ2) is 12.6. The number of imidazole rings is 1. The average Bonchev–Trinajstić information content (AvgIpc) is 3.61. The van der Waals surface area contributed by atoms with Gasteiger partial charge in [0.15, 0.2) is 0 Å². The zero-order chi connectivity index (χ0) is 28.0. The van der Waals surface area contributed by atoms with Crippen LogP contribution in [0.25, 0.3) is 0 Å². The lowest BCUT2D eigenvalue weighted by Crippen LogP contribution is -2.38. The van der Waals surface area contributed by atoms with E-state index in [2.05, 4.69) is 4.98 Å². The van der Waals surface area contributed by atoms with Crippen molar-refractivity contribution < 1.29 is 22.3 Å². The van der Waals surface area contributed by atoms with E-state index in [1.54, 1.807) is 15.5 Å². The third-order valence-corrected chi connectivity index (χ3v) is 8.59. The molecule has 40 heavy (non-hydrogen) atoms. The van der Waals surface area contributed by atoms with Gasteiger partial charge in [0, 0.05) is 18.7 Å². The minimum absolute atomic E-state index is 0.0746. The molecule has 2 heterocycles. The van der Waals surface area contributed by atoms with Crippen LogP contribution in [0.15, 0.2) is 96.3 Å². The van der Waals surface area contributed by atoms with Crippen molar-refractivity contribution in [1.82, 2.24) is 14.5 Å². The predicted molar refractivity (Wildman–Crippen MR) is 150 cm³/mol. The van der Waals surface area contributed by atoms with Gasteiger partial charge in [0.25, 0.3) is 0 Å². The summed E-state index contributed by atoms with van der Waals surface area (Å²) in [5.74, 6) is -1.18. The van der Waals surface area contributed by atoms with Crippen LogP contribution in [0.2, 0.25) is 0 Å². The van der Waals surface area contributed by atoms with Gasteiger partial charge in [-0.25, -0.2) is 17.8 Å². The smallest absolute Gasteiger partial charge is 0.228 e. The van der Waals surface area contributed by atoms with Gasteiger partial charge in [-0.15, -0.1) is 0 Å². The number of hydrogen-bond donors (Lipinski definition) is 0. The van der Waals surface area contributed by atoms with E-state index < -0.39 is 21.4 Å². The topological polar surface area (TPSA) is 81.5 Å². The van der Waals surface area contributed by atoms with Crippen LogP contribution in [-0.4, -0.2) is 48.0 Å². The summed E-state index contributed by atoms with van der Waals surface area (Å²) >= 11 is 0. The number of ether oxygens (including phenoxy) is 1. The maximum absolute atomic E-state index is 14.4. The van der Waals surface area contributed by atoms with Gasteiger partial charge < -0.3 is 14.2 Å². The molecule has 9 heteroatoms. The van der Waals surface area contributed by atoms with E-state index >= 15 is 0 Å². The van der Waals surface area contributed by atoms with E-state index in [0.717, 1.165) is 24.0 Å². The molecule has 208 valence electrons. The van der Waals surface area contributed by atoms with Crippen molar-refractivity contribution in [3.63, 3.8) is 0 Å². The van der Waals surface area contributed by atoms with Gasteiger partial charge in [0.05, 0.1) is 43.3 Å². The second-order valence-corrected chi connectivity index (χ2v) is 11.9. The molecule has 3 aromatic carbocycles. The van der Waals surface area contributed by atoms with Crippen LogP contribution in [0.3, 0.4) is 0 Å². The number of carbonyl (C=O) groups excluding carboxylic acids is 1. The Kier molecular flexibility index (Phi) is 8.72. The number of hydrogen-bond acceptors (Lipinski definition) is 5. The molecular weight excluding hydrogens is 529 g/mol. The molecule has 1 saturated heterocycles. The molecule has 0 unspecified atom stereocenters. The molecule has 0 saturated carbocycles. The monoisotopic (exact) mass is 561 g/mol. The highest BCUT2D eigenvalue weighted by atomic mass is 32.2. The van der Waals surface area contributed by atoms with Gasteiger partial charge in [0.2, 0.25) is 20.9 Å². The standard InChI is InChI=1S/C31H32FN3O4S/c32-29-16-8-7-14-26(29)23-40(37,38)31-33-19-27(35(31)20-25-12-5-2-6-13-25)21-34(22-28-15-9-17-39-28)30(36)18-24-10-3-1-4-11-24/h1-8,10-14,16,19,28H,9,15,17-18,20-23H2/t28-/m0/s1. The predicted octanol–water partition coefficient (Wildman–Crippen LogP) is 4.79. The van der Waals surface area contributed by atoms with Crippen molar-refractivity contribution >= 4 is 15.7 Å². The maximum atomic E-state index is 14.4. The third-order valence-electron chi connectivity index (χ3n) is 7.02.